The maximum Gasteiger partial charge on any atom is 0.223 e. The molecule has 100 valence electrons. The summed E-state index contributed by atoms with van der Waals surface area (Å²) in [5, 5.41) is 12.8. The van der Waals surface area contributed by atoms with E-state index in [1.165, 1.54) is 0 Å². The fraction of sp³-hybridized carbons (Fsp3) is 0.231. The van der Waals surface area contributed by atoms with Crippen molar-refractivity contribution in [3.05, 3.63) is 47.1 Å². The lowest BCUT2D eigenvalue weighted by Crippen LogP contribution is -2.27. The van der Waals surface area contributed by atoms with Crippen molar-refractivity contribution in [2.45, 2.75) is 12.5 Å². The number of halogens is 1. The first-order valence-corrected chi connectivity index (χ1v) is 6.26. The molecule has 5 nitrogen and oxygen atoms in total. The number of rotatable bonds is 5. The number of nitrogens with two attached hydrogens (primary N) is 1. The molecule has 19 heavy (non-hydrogen) atoms. The molecule has 6 heteroatoms. The molecular weight excluding hydrogens is 264 g/mol. The summed E-state index contributed by atoms with van der Waals surface area (Å²) in [6, 6.07) is 11.3. The predicted octanol–water partition coefficient (Wildman–Crippen LogP) is 1.73. The Morgan fingerprint density at radius 1 is 1.26 bits per heavy atom. The Labute approximate surface area is 116 Å². The van der Waals surface area contributed by atoms with Crippen LogP contribution in [0.3, 0.4) is 0 Å². The summed E-state index contributed by atoms with van der Waals surface area (Å²) < 4.78 is 0. The number of hydrogen-bond acceptors (Lipinski definition) is 5. The van der Waals surface area contributed by atoms with Crippen LogP contribution in [-0.2, 0) is 6.42 Å². The van der Waals surface area contributed by atoms with Crippen LogP contribution in [0.1, 0.15) is 5.56 Å². The topological polar surface area (TPSA) is 84.1 Å². The minimum absolute atomic E-state index is 0.0174. The van der Waals surface area contributed by atoms with Gasteiger partial charge in [-0.25, -0.2) is 4.98 Å². The first-order chi connectivity index (χ1) is 9.17. The monoisotopic (exact) mass is 278 g/mol. The second kappa shape index (κ2) is 6.36. The Kier molecular flexibility index (Phi) is 4.54. The smallest absolute Gasteiger partial charge is 0.223 e. The molecule has 0 bridgehead atoms. The van der Waals surface area contributed by atoms with Gasteiger partial charge in [0.1, 0.15) is 11.0 Å². The van der Waals surface area contributed by atoms with E-state index in [9.17, 15) is 5.11 Å². The number of benzene rings is 1. The number of nitrogen functional groups attached to an aromatic ring is 1. The fourth-order valence-electron chi connectivity index (χ4n) is 1.78. The van der Waals surface area contributed by atoms with E-state index in [2.05, 4.69) is 15.3 Å². The molecule has 0 saturated heterocycles. The molecule has 0 amide bonds. The van der Waals surface area contributed by atoms with Crippen LogP contribution in [0.5, 0.6) is 0 Å². The number of nitrogens with one attached hydrogen (secondary N) is 1. The normalized spacial score (nSPS) is 12.1. The highest BCUT2D eigenvalue weighted by molar-refractivity contribution is 6.29. The van der Waals surface area contributed by atoms with Crippen molar-refractivity contribution in [3.8, 4) is 0 Å². The van der Waals surface area contributed by atoms with Gasteiger partial charge in [0.15, 0.2) is 0 Å². The number of aromatic nitrogens is 2. The number of hydrogen-bond donors (Lipinski definition) is 3. The minimum Gasteiger partial charge on any atom is -0.394 e. The third-order valence-electron chi connectivity index (χ3n) is 2.61. The number of aliphatic hydroxyl groups is 1. The standard InChI is InChI=1S/C13H15ClN4O/c14-11-7-12(18-13(15)17-11)16-10(8-19)6-9-4-2-1-3-5-9/h1-5,7,10,19H,6,8H2,(H3,15,16,17,18)/t10-/m1/s1. The Morgan fingerprint density at radius 2 is 2.00 bits per heavy atom. The van der Waals surface area contributed by atoms with Gasteiger partial charge < -0.3 is 16.2 Å². The number of anilines is 2. The molecule has 0 unspecified atom stereocenters. The van der Waals surface area contributed by atoms with Crippen molar-refractivity contribution in [2.24, 2.45) is 0 Å². The van der Waals surface area contributed by atoms with Gasteiger partial charge in [0, 0.05) is 6.07 Å². The van der Waals surface area contributed by atoms with Crippen molar-refractivity contribution >= 4 is 23.4 Å². The summed E-state index contributed by atoms with van der Waals surface area (Å²) in [6.45, 7) is -0.0174. The van der Waals surface area contributed by atoms with E-state index in [0.717, 1.165) is 5.56 Å². The fourth-order valence-corrected chi connectivity index (χ4v) is 1.97. The zero-order valence-corrected chi connectivity index (χ0v) is 11.0. The first-order valence-electron chi connectivity index (χ1n) is 5.89. The van der Waals surface area contributed by atoms with E-state index in [1.807, 2.05) is 30.3 Å². The molecular formula is C13H15ClN4O. The molecule has 0 radical (unpaired) electrons. The summed E-state index contributed by atoms with van der Waals surface area (Å²) in [5.41, 5.74) is 6.65. The van der Waals surface area contributed by atoms with Gasteiger partial charge >= 0.3 is 0 Å². The van der Waals surface area contributed by atoms with E-state index in [4.69, 9.17) is 17.3 Å². The lowest BCUT2D eigenvalue weighted by molar-refractivity contribution is 0.273. The molecule has 1 aromatic carbocycles. The molecule has 4 N–H and O–H groups in total. The molecule has 0 aliphatic carbocycles. The lowest BCUT2D eigenvalue weighted by Gasteiger charge is -2.17. The van der Waals surface area contributed by atoms with E-state index < -0.39 is 0 Å². The molecule has 0 aliphatic heterocycles. The Morgan fingerprint density at radius 3 is 2.63 bits per heavy atom. The quantitative estimate of drug-likeness (QED) is 0.726. The molecule has 0 fully saturated rings. The summed E-state index contributed by atoms with van der Waals surface area (Å²) in [4.78, 5) is 7.80. The van der Waals surface area contributed by atoms with E-state index >= 15 is 0 Å². The zero-order chi connectivity index (χ0) is 13.7. The third kappa shape index (κ3) is 4.08. The van der Waals surface area contributed by atoms with Crippen molar-refractivity contribution in [1.82, 2.24) is 9.97 Å². The SMILES string of the molecule is Nc1nc(Cl)cc(N[C@@H](CO)Cc2ccccc2)n1. The molecule has 0 saturated carbocycles. The van der Waals surface area contributed by atoms with Crippen LogP contribution in [-0.4, -0.2) is 27.7 Å². The van der Waals surface area contributed by atoms with Crippen molar-refractivity contribution < 1.29 is 5.11 Å². The first kappa shape index (κ1) is 13.6. The van der Waals surface area contributed by atoms with Gasteiger partial charge in [0.25, 0.3) is 0 Å². The third-order valence-corrected chi connectivity index (χ3v) is 2.80. The van der Waals surface area contributed by atoms with Gasteiger partial charge in [0.05, 0.1) is 12.6 Å². The van der Waals surface area contributed by atoms with Gasteiger partial charge in [-0.1, -0.05) is 41.9 Å². The molecule has 1 atom stereocenters. The summed E-state index contributed by atoms with van der Waals surface area (Å²) in [5.74, 6) is 0.610. The van der Waals surface area contributed by atoms with Gasteiger partial charge in [-0.2, -0.15) is 4.98 Å². The molecule has 1 aromatic heterocycles. The zero-order valence-electron chi connectivity index (χ0n) is 10.3. The predicted molar refractivity (Wildman–Crippen MR) is 76.1 cm³/mol. The van der Waals surface area contributed by atoms with Gasteiger partial charge in [0.2, 0.25) is 5.95 Å². The average Bonchev–Trinajstić information content (AvgIpc) is 2.38. The van der Waals surface area contributed by atoms with E-state index in [1.54, 1.807) is 6.07 Å². The molecule has 2 aromatic rings. The van der Waals surface area contributed by atoms with E-state index in [-0.39, 0.29) is 23.8 Å². The van der Waals surface area contributed by atoms with Crippen LogP contribution in [0, 0.1) is 0 Å². The van der Waals surface area contributed by atoms with Crippen molar-refractivity contribution in [2.75, 3.05) is 17.7 Å². The highest BCUT2D eigenvalue weighted by atomic mass is 35.5. The molecule has 2 rings (SSSR count). The van der Waals surface area contributed by atoms with Crippen LogP contribution in [0.25, 0.3) is 0 Å². The largest absolute Gasteiger partial charge is 0.394 e. The van der Waals surface area contributed by atoms with Gasteiger partial charge in [-0.05, 0) is 12.0 Å². The second-order valence-corrected chi connectivity index (χ2v) is 4.53. The van der Waals surface area contributed by atoms with E-state index in [0.29, 0.717) is 12.2 Å². The summed E-state index contributed by atoms with van der Waals surface area (Å²) in [7, 11) is 0. The van der Waals surface area contributed by atoms with Crippen LogP contribution < -0.4 is 11.1 Å². The summed E-state index contributed by atoms with van der Waals surface area (Å²) >= 11 is 5.80. The van der Waals surface area contributed by atoms with Crippen molar-refractivity contribution in [1.29, 1.82) is 0 Å². The lowest BCUT2D eigenvalue weighted by atomic mass is 10.1. The maximum absolute atomic E-state index is 9.42. The van der Waals surface area contributed by atoms with Crippen LogP contribution >= 0.6 is 11.6 Å². The minimum atomic E-state index is -0.159. The Balaban J connectivity index is 2.06. The second-order valence-electron chi connectivity index (χ2n) is 4.15. The molecule has 0 aliphatic rings. The maximum atomic E-state index is 9.42. The Hall–Kier alpha value is -1.85. The van der Waals surface area contributed by atoms with Crippen LogP contribution in [0.15, 0.2) is 36.4 Å². The highest BCUT2D eigenvalue weighted by Gasteiger charge is 2.10. The highest BCUT2D eigenvalue weighted by Crippen LogP contribution is 2.14. The average molecular weight is 279 g/mol. The van der Waals surface area contributed by atoms with Crippen LogP contribution in [0.2, 0.25) is 5.15 Å². The molecule has 0 spiro atoms. The van der Waals surface area contributed by atoms with Gasteiger partial charge in [-0.3, -0.25) is 0 Å². The Bertz CT molecular complexity index is 515. The van der Waals surface area contributed by atoms with Crippen LogP contribution in [0.4, 0.5) is 11.8 Å². The number of nitrogens with zero attached hydrogens (tertiary/aromatic N) is 2. The van der Waals surface area contributed by atoms with Crippen molar-refractivity contribution in [3.63, 3.8) is 0 Å². The number of aliphatic hydroxyl groups excluding tert-OH is 1. The summed E-state index contributed by atoms with van der Waals surface area (Å²) in [6.07, 6.45) is 0.679. The molecule has 1 heterocycles. The van der Waals surface area contributed by atoms with Gasteiger partial charge in [-0.15, -0.1) is 0 Å².